The van der Waals surface area contributed by atoms with Crippen molar-refractivity contribution < 1.29 is 9.53 Å². The number of nitrogens with one attached hydrogen (secondary N) is 1. The van der Waals surface area contributed by atoms with Crippen LogP contribution in [0.1, 0.15) is 31.1 Å². The molecule has 1 aromatic rings. The Bertz CT molecular complexity index is 448. The van der Waals surface area contributed by atoms with Crippen LogP contribution in [0.2, 0.25) is 0 Å². The fraction of sp³-hybridized carbons (Fsp3) is 0.533. The number of hydrogen-bond donors (Lipinski definition) is 1. The molecule has 4 nitrogen and oxygen atoms in total. The number of carbonyl (C=O) groups excluding carboxylic acids is 1. The van der Waals surface area contributed by atoms with Gasteiger partial charge in [0.2, 0.25) is 0 Å². The molecule has 0 aromatic heterocycles. The smallest absolute Gasteiger partial charge is 0.257 e. The average Bonchev–Trinajstić information content (AvgIpc) is 2.42. The maximum absolute atomic E-state index is 12.7. The third-order valence-corrected chi connectivity index (χ3v) is 3.44. The van der Waals surface area contributed by atoms with Gasteiger partial charge in [0.1, 0.15) is 5.75 Å². The first-order valence-electron chi connectivity index (χ1n) is 6.89. The van der Waals surface area contributed by atoms with Crippen LogP contribution in [0.3, 0.4) is 0 Å². The molecule has 2 rings (SSSR count). The number of benzene rings is 1. The molecule has 2 unspecified atom stereocenters. The zero-order valence-electron chi connectivity index (χ0n) is 11.8. The molecule has 1 aromatic carbocycles. The third kappa shape index (κ3) is 3.07. The van der Waals surface area contributed by atoms with E-state index in [9.17, 15) is 4.79 Å². The molecule has 0 saturated carbocycles. The van der Waals surface area contributed by atoms with Crippen LogP contribution in [0.5, 0.6) is 5.75 Å². The van der Waals surface area contributed by atoms with E-state index in [0.717, 1.165) is 13.1 Å². The summed E-state index contributed by atoms with van der Waals surface area (Å²) >= 11 is 0. The second kappa shape index (κ2) is 6.06. The first-order chi connectivity index (χ1) is 9.13. The molecule has 2 atom stereocenters. The lowest BCUT2D eigenvalue weighted by atomic mass is 10.1. The summed E-state index contributed by atoms with van der Waals surface area (Å²) in [6, 6.07) is 8.01. The van der Waals surface area contributed by atoms with Gasteiger partial charge in [-0.2, -0.15) is 0 Å². The number of rotatable bonds is 3. The molecule has 1 amide bonds. The summed E-state index contributed by atoms with van der Waals surface area (Å²) in [5, 5.41) is 3.38. The minimum atomic E-state index is 0.0601. The van der Waals surface area contributed by atoms with Crippen LogP contribution < -0.4 is 10.1 Å². The molecule has 0 spiro atoms. The molecule has 0 aliphatic carbocycles. The maximum Gasteiger partial charge on any atom is 0.257 e. The number of hydrogen-bond acceptors (Lipinski definition) is 3. The minimum Gasteiger partial charge on any atom is -0.493 e. The Balaban J connectivity index is 2.23. The van der Waals surface area contributed by atoms with E-state index in [4.69, 9.17) is 4.74 Å². The van der Waals surface area contributed by atoms with Gasteiger partial charge in [-0.1, -0.05) is 12.1 Å². The normalized spacial score (nSPS) is 23.2. The summed E-state index contributed by atoms with van der Waals surface area (Å²) in [5.41, 5.74) is 0.658. The molecule has 1 aliphatic rings. The van der Waals surface area contributed by atoms with E-state index >= 15 is 0 Å². The third-order valence-electron chi connectivity index (χ3n) is 3.44. The minimum absolute atomic E-state index is 0.0601. The lowest BCUT2D eigenvalue weighted by Gasteiger charge is -2.37. The number of carbonyl (C=O) groups is 1. The highest BCUT2D eigenvalue weighted by Gasteiger charge is 2.28. The quantitative estimate of drug-likeness (QED) is 0.904. The lowest BCUT2D eigenvalue weighted by Crippen LogP contribution is -2.56. The van der Waals surface area contributed by atoms with E-state index in [1.54, 1.807) is 0 Å². The van der Waals surface area contributed by atoms with Gasteiger partial charge in [-0.25, -0.2) is 0 Å². The Kier molecular flexibility index (Phi) is 4.43. The summed E-state index contributed by atoms with van der Waals surface area (Å²) in [4.78, 5) is 14.6. The summed E-state index contributed by atoms with van der Waals surface area (Å²) < 4.78 is 5.55. The highest BCUT2D eigenvalue weighted by Crippen LogP contribution is 2.22. The van der Waals surface area contributed by atoms with Crippen molar-refractivity contribution in [2.45, 2.75) is 32.9 Å². The summed E-state index contributed by atoms with van der Waals surface area (Å²) in [5.74, 6) is 0.735. The zero-order chi connectivity index (χ0) is 13.8. The van der Waals surface area contributed by atoms with Gasteiger partial charge in [0.05, 0.1) is 12.2 Å². The lowest BCUT2D eigenvalue weighted by molar-refractivity contribution is 0.0612. The van der Waals surface area contributed by atoms with Crippen LogP contribution in [0.15, 0.2) is 24.3 Å². The Morgan fingerprint density at radius 2 is 2.16 bits per heavy atom. The van der Waals surface area contributed by atoms with Crippen LogP contribution in [-0.2, 0) is 0 Å². The second-order valence-corrected chi connectivity index (χ2v) is 5.05. The molecule has 104 valence electrons. The van der Waals surface area contributed by atoms with Gasteiger partial charge in [0.15, 0.2) is 0 Å². The van der Waals surface area contributed by atoms with E-state index in [1.165, 1.54) is 0 Å². The van der Waals surface area contributed by atoms with Gasteiger partial charge in [-0.15, -0.1) is 0 Å². The fourth-order valence-corrected chi connectivity index (χ4v) is 2.38. The molecule has 19 heavy (non-hydrogen) atoms. The molecule has 0 radical (unpaired) electrons. The SMILES string of the molecule is CCOc1ccccc1C(=O)N1CC(C)NCC1C. The molecule has 1 heterocycles. The van der Waals surface area contributed by atoms with Crippen molar-refractivity contribution in [3.05, 3.63) is 29.8 Å². The first kappa shape index (κ1) is 13.9. The monoisotopic (exact) mass is 262 g/mol. The van der Waals surface area contributed by atoms with Crippen LogP contribution >= 0.6 is 0 Å². The maximum atomic E-state index is 12.7. The van der Waals surface area contributed by atoms with Gasteiger partial charge in [-0.05, 0) is 32.9 Å². The van der Waals surface area contributed by atoms with E-state index in [1.807, 2.05) is 36.1 Å². The van der Waals surface area contributed by atoms with E-state index in [-0.39, 0.29) is 11.9 Å². The molecular formula is C15H22N2O2. The predicted molar refractivity (Wildman–Crippen MR) is 75.6 cm³/mol. The van der Waals surface area contributed by atoms with Crippen molar-refractivity contribution in [3.63, 3.8) is 0 Å². The van der Waals surface area contributed by atoms with E-state index in [0.29, 0.717) is 24.0 Å². The first-order valence-corrected chi connectivity index (χ1v) is 6.89. The van der Waals surface area contributed by atoms with Crippen molar-refractivity contribution >= 4 is 5.91 Å². The van der Waals surface area contributed by atoms with Crippen molar-refractivity contribution in [1.82, 2.24) is 10.2 Å². The van der Waals surface area contributed by atoms with Crippen LogP contribution in [0.25, 0.3) is 0 Å². The van der Waals surface area contributed by atoms with Crippen molar-refractivity contribution in [1.29, 1.82) is 0 Å². The second-order valence-electron chi connectivity index (χ2n) is 5.05. The highest BCUT2D eigenvalue weighted by atomic mass is 16.5. The molecule has 0 bridgehead atoms. The number of piperazine rings is 1. The van der Waals surface area contributed by atoms with Gasteiger partial charge in [0, 0.05) is 25.2 Å². The largest absolute Gasteiger partial charge is 0.493 e. The summed E-state index contributed by atoms with van der Waals surface area (Å²) in [6.07, 6.45) is 0. The molecule has 1 N–H and O–H groups in total. The molecular weight excluding hydrogens is 240 g/mol. The van der Waals surface area contributed by atoms with Crippen molar-refractivity contribution in [3.8, 4) is 5.75 Å². The van der Waals surface area contributed by atoms with Crippen LogP contribution in [-0.4, -0.2) is 42.6 Å². The van der Waals surface area contributed by atoms with Crippen LogP contribution in [0, 0.1) is 0 Å². The summed E-state index contributed by atoms with van der Waals surface area (Å²) in [7, 11) is 0. The summed E-state index contributed by atoms with van der Waals surface area (Å²) in [6.45, 7) is 8.24. The fourth-order valence-electron chi connectivity index (χ4n) is 2.38. The molecule has 1 saturated heterocycles. The number of para-hydroxylation sites is 1. The van der Waals surface area contributed by atoms with Gasteiger partial charge in [0.25, 0.3) is 5.91 Å². The topological polar surface area (TPSA) is 41.6 Å². The highest BCUT2D eigenvalue weighted by molar-refractivity contribution is 5.97. The Morgan fingerprint density at radius 1 is 1.42 bits per heavy atom. The molecule has 4 heteroatoms. The number of ether oxygens (including phenoxy) is 1. The van der Waals surface area contributed by atoms with Gasteiger partial charge in [-0.3, -0.25) is 4.79 Å². The van der Waals surface area contributed by atoms with E-state index < -0.39 is 0 Å². The molecule has 1 aliphatic heterocycles. The zero-order valence-corrected chi connectivity index (χ0v) is 11.8. The predicted octanol–water partition coefficient (Wildman–Crippen LogP) is 1.91. The number of amides is 1. The average molecular weight is 262 g/mol. The van der Waals surface area contributed by atoms with E-state index in [2.05, 4.69) is 19.2 Å². The van der Waals surface area contributed by atoms with Crippen LogP contribution in [0.4, 0.5) is 0 Å². The van der Waals surface area contributed by atoms with Crippen molar-refractivity contribution in [2.24, 2.45) is 0 Å². The Morgan fingerprint density at radius 3 is 2.89 bits per heavy atom. The standard InChI is InChI=1S/C15H22N2O2/c1-4-19-14-8-6-5-7-13(14)15(18)17-10-11(2)16-9-12(17)3/h5-8,11-12,16H,4,9-10H2,1-3H3. The Labute approximate surface area is 114 Å². The molecule has 1 fully saturated rings. The Hall–Kier alpha value is -1.55. The van der Waals surface area contributed by atoms with Crippen molar-refractivity contribution in [2.75, 3.05) is 19.7 Å². The van der Waals surface area contributed by atoms with Gasteiger partial charge >= 0.3 is 0 Å². The number of nitrogens with zero attached hydrogens (tertiary/aromatic N) is 1. The van der Waals surface area contributed by atoms with Gasteiger partial charge < -0.3 is 15.0 Å².